The lowest BCUT2D eigenvalue weighted by Gasteiger charge is -2.33. The predicted molar refractivity (Wildman–Crippen MR) is 101 cm³/mol. The summed E-state index contributed by atoms with van der Waals surface area (Å²) in [6, 6.07) is 13.4. The van der Waals surface area contributed by atoms with Gasteiger partial charge < -0.3 is 14.4 Å². The molecule has 1 unspecified atom stereocenters. The van der Waals surface area contributed by atoms with Crippen LogP contribution in [0.2, 0.25) is 0 Å². The first kappa shape index (κ1) is 20.7. The third-order valence-electron chi connectivity index (χ3n) is 4.45. The first-order chi connectivity index (χ1) is 13.3. The van der Waals surface area contributed by atoms with E-state index in [1.54, 1.807) is 4.90 Å². The topological polar surface area (TPSA) is 38.8 Å². The molecule has 0 N–H and O–H groups in total. The maximum Gasteiger partial charge on any atom is 0.573 e. The van der Waals surface area contributed by atoms with Crippen molar-refractivity contribution in [1.82, 2.24) is 4.90 Å². The van der Waals surface area contributed by atoms with Gasteiger partial charge in [0.15, 0.2) is 0 Å². The van der Waals surface area contributed by atoms with E-state index in [2.05, 4.69) is 20.7 Å². The number of amides is 1. The standard InChI is InChI=1S/C20H19BrF3NO3/c21-16-6-4-15(5-7-16)18-13-25(11-12-27-18)19(26)10-3-14-1-8-17(9-2-14)28-20(22,23)24/h1-2,4-9,18H,3,10-13H2. The van der Waals surface area contributed by atoms with Crippen molar-refractivity contribution in [3.63, 3.8) is 0 Å². The molecule has 0 spiro atoms. The quantitative estimate of drug-likeness (QED) is 0.642. The fraction of sp³-hybridized carbons (Fsp3) is 0.350. The largest absolute Gasteiger partial charge is 0.573 e. The van der Waals surface area contributed by atoms with Gasteiger partial charge in [-0.3, -0.25) is 4.79 Å². The number of alkyl halides is 3. The molecule has 28 heavy (non-hydrogen) atoms. The number of ether oxygens (including phenoxy) is 2. The highest BCUT2D eigenvalue weighted by atomic mass is 79.9. The summed E-state index contributed by atoms with van der Waals surface area (Å²) in [5.41, 5.74) is 1.79. The van der Waals surface area contributed by atoms with Crippen LogP contribution >= 0.6 is 15.9 Å². The number of carbonyl (C=O) groups is 1. The van der Waals surface area contributed by atoms with Crippen LogP contribution in [0.15, 0.2) is 53.0 Å². The molecule has 3 rings (SSSR count). The molecule has 8 heteroatoms. The summed E-state index contributed by atoms with van der Waals surface area (Å²) in [6.07, 6.45) is -4.14. The monoisotopic (exact) mass is 457 g/mol. The molecule has 0 saturated carbocycles. The van der Waals surface area contributed by atoms with Gasteiger partial charge in [0.2, 0.25) is 5.91 Å². The minimum Gasteiger partial charge on any atom is -0.406 e. The molecule has 2 aromatic rings. The van der Waals surface area contributed by atoms with Gasteiger partial charge in [-0.1, -0.05) is 40.2 Å². The van der Waals surface area contributed by atoms with Crippen molar-refractivity contribution in [1.29, 1.82) is 0 Å². The molecule has 1 saturated heterocycles. The number of hydrogen-bond acceptors (Lipinski definition) is 3. The number of morpholine rings is 1. The number of halogens is 4. The van der Waals surface area contributed by atoms with Crippen LogP contribution < -0.4 is 4.74 Å². The maximum absolute atomic E-state index is 12.5. The summed E-state index contributed by atoms with van der Waals surface area (Å²) < 4.78 is 47.2. The maximum atomic E-state index is 12.5. The molecular weight excluding hydrogens is 439 g/mol. The third kappa shape index (κ3) is 5.97. The second-order valence-electron chi connectivity index (χ2n) is 6.44. The molecule has 0 aliphatic carbocycles. The van der Waals surface area contributed by atoms with Gasteiger partial charge >= 0.3 is 6.36 Å². The molecule has 4 nitrogen and oxygen atoms in total. The average molecular weight is 458 g/mol. The van der Waals surface area contributed by atoms with E-state index in [0.29, 0.717) is 26.1 Å². The van der Waals surface area contributed by atoms with E-state index in [1.165, 1.54) is 24.3 Å². The molecule has 1 aliphatic heterocycles. The highest BCUT2D eigenvalue weighted by Gasteiger charge is 2.31. The van der Waals surface area contributed by atoms with Gasteiger partial charge in [0, 0.05) is 17.4 Å². The van der Waals surface area contributed by atoms with E-state index in [-0.39, 0.29) is 24.2 Å². The molecule has 2 aromatic carbocycles. The number of aryl methyl sites for hydroxylation is 1. The Balaban J connectivity index is 1.52. The molecule has 0 aromatic heterocycles. The highest BCUT2D eigenvalue weighted by Crippen LogP contribution is 2.25. The van der Waals surface area contributed by atoms with Crippen LogP contribution in [0.4, 0.5) is 13.2 Å². The van der Waals surface area contributed by atoms with E-state index in [1.807, 2.05) is 24.3 Å². The lowest BCUT2D eigenvalue weighted by Crippen LogP contribution is -2.42. The lowest BCUT2D eigenvalue weighted by atomic mass is 10.1. The van der Waals surface area contributed by atoms with Crippen molar-refractivity contribution in [2.24, 2.45) is 0 Å². The van der Waals surface area contributed by atoms with Gasteiger partial charge in [-0.15, -0.1) is 13.2 Å². The Labute approximate surface area is 169 Å². The van der Waals surface area contributed by atoms with E-state index in [9.17, 15) is 18.0 Å². The number of hydrogen-bond donors (Lipinski definition) is 0. The molecule has 1 atom stereocenters. The van der Waals surface area contributed by atoms with Crippen molar-refractivity contribution >= 4 is 21.8 Å². The van der Waals surface area contributed by atoms with E-state index >= 15 is 0 Å². The normalized spacial score (nSPS) is 17.4. The molecule has 1 fully saturated rings. The molecule has 150 valence electrons. The van der Waals surface area contributed by atoms with Crippen LogP contribution in [-0.2, 0) is 16.0 Å². The zero-order chi connectivity index (χ0) is 20.1. The minimum absolute atomic E-state index is 0.000953. The Hall–Kier alpha value is -2.06. The summed E-state index contributed by atoms with van der Waals surface area (Å²) in [5.74, 6) is -0.269. The summed E-state index contributed by atoms with van der Waals surface area (Å²) in [5, 5.41) is 0. The van der Waals surface area contributed by atoms with Crippen LogP contribution in [-0.4, -0.2) is 36.9 Å². The van der Waals surface area contributed by atoms with E-state index in [4.69, 9.17) is 4.74 Å². The number of rotatable bonds is 5. The Kier molecular flexibility index (Phi) is 6.61. The van der Waals surface area contributed by atoms with Gasteiger partial charge in [0.25, 0.3) is 0 Å². The smallest absolute Gasteiger partial charge is 0.406 e. The van der Waals surface area contributed by atoms with Gasteiger partial charge in [-0.05, 0) is 41.8 Å². The van der Waals surface area contributed by atoms with Crippen molar-refractivity contribution in [3.8, 4) is 5.75 Å². The zero-order valence-electron chi connectivity index (χ0n) is 14.9. The number of carbonyl (C=O) groups excluding carboxylic acids is 1. The molecule has 1 aliphatic rings. The van der Waals surface area contributed by atoms with Crippen LogP contribution in [0.1, 0.15) is 23.7 Å². The first-order valence-corrected chi connectivity index (χ1v) is 9.59. The Morgan fingerprint density at radius 1 is 1.14 bits per heavy atom. The first-order valence-electron chi connectivity index (χ1n) is 8.80. The predicted octanol–water partition coefficient (Wildman–Crippen LogP) is 4.88. The van der Waals surface area contributed by atoms with Crippen LogP contribution in [0.3, 0.4) is 0 Å². The fourth-order valence-corrected chi connectivity index (χ4v) is 3.29. The second kappa shape index (κ2) is 8.96. The Bertz CT molecular complexity index is 794. The summed E-state index contributed by atoms with van der Waals surface area (Å²) in [7, 11) is 0. The Morgan fingerprint density at radius 3 is 2.46 bits per heavy atom. The lowest BCUT2D eigenvalue weighted by molar-refractivity contribution is -0.274. The SMILES string of the molecule is O=C(CCc1ccc(OC(F)(F)F)cc1)N1CCOC(c2ccc(Br)cc2)C1. The van der Waals surface area contributed by atoms with Gasteiger partial charge in [-0.25, -0.2) is 0 Å². The van der Waals surface area contributed by atoms with Crippen molar-refractivity contribution in [3.05, 3.63) is 64.1 Å². The van der Waals surface area contributed by atoms with Crippen molar-refractivity contribution in [2.75, 3.05) is 19.7 Å². The van der Waals surface area contributed by atoms with Crippen LogP contribution in [0.5, 0.6) is 5.75 Å². The van der Waals surface area contributed by atoms with Crippen LogP contribution in [0.25, 0.3) is 0 Å². The van der Waals surface area contributed by atoms with Gasteiger partial charge in [-0.2, -0.15) is 0 Å². The molecule has 1 heterocycles. The summed E-state index contributed by atoms with van der Waals surface area (Å²) in [6.45, 7) is 1.49. The molecule has 0 bridgehead atoms. The Morgan fingerprint density at radius 2 is 1.82 bits per heavy atom. The highest BCUT2D eigenvalue weighted by molar-refractivity contribution is 9.10. The van der Waals surface area contributed by atoms with Crippen LogP contribution in [0, 0.1) is 0 Å². The van der Waals surface area contributed by atoms with Crippen molar-refractivity contribution in [2.45, 2.75) is 25.3 Å². The molecule has 1 amide bonds. The molecular formula is C20H19BrF3NO3. The van der Waals surface area contributed by atoms with Crippen molar-refractivity contribution < 1.29 is 27.4 Å². The summed E-state index contributed by atoms with van der Waals surface area (Å²) >= 11 is 3.40. The summed E-state index contributed by atoms with van der Waals surface area (Å²) in [4.78, 5) is 14.3. The number of nitrogens with zero attached hydrogens (tertiary/aromatic N) is 1. The van der Waals surface area contributed by atoms with Gasteiger partial charge in [0.05, 0.1) is 13.2 Å². The molecule has 0 radical (unpaired) electrons. The van der Waals surface area contributed by atoms with Gasteiger partial charge in [0.1, 0.15) is 11.9 Å². The minimum atomic E-state index is -4.71. The second-order valence-corrected chi connectivity index (χ2v) is 7.36. The van der Waals surface area contributed by atoms with E-state index in [0.717, 1.165) is 15.6 Å². The zero-order valence-corrected chi connectivity index (χ0v) is 16.5. The third-order valence-corrected chi connectivity index (χ3v) is 4.97. The van der Waals surface area contributed by atoms with E-state index < -0.39 is 6.36 Å². The average Bonchev–Trinajstić information content (AvgIpc) is 2.67. The fourth-order valence-electron chi connectivity index (χ4n) is 3.02. The number of benzene rings is 2.